The SMILES string of the molecule is CCc1cc(=O)n2nc(NCc3c(CC)c(CC)n[nH]c3=O)sc2n1. The number of anilines is 1. The summed E-state index contributed by atoms with van der Waals surface area (Å²) in [5.74, 6) is 0. The predicted molar refractivity (Wildman–Crippen MR) is 97.5 cm³/mol. The van der Waals surface area contributed by atoms with Crippen LogP contribution < -0.4 is 16.4 Å². The lowest BCUT2D eigenvalue weighted by Gasteiger charge is -2.10. The number of hydrogen-bond acceptors (Lipinski definition) is 7. The minimum Gasteiger partial charge on any atom is -0.356 e. The summed E-state index contributed by atoms with van der Waals surface area (Å²) in [6.45, 7) is 6.29. The van der Waals surface area contributed by atoms with Gasteiger partial charge in [-0.15, -0.1) is 5.10 Å². The molecule has 0 fully saturated rings. The fourth-order valence-electron chi connectivity index (χ4n) is 2.73. The van der Waals surface area contributed by atoms with Gasteiger partial charge in [0.15, 0.2) is 0 Å². The van der Waals surface area contributed by atoms with Gasteiger partial charge >= 0.3 is 0 Å². The average molecular weight is 360 g/mol. The van der Waals surface area contributed by atoms with Crippen LogP contribution in [0.25, 0.3) is 4.96 Å². The Morgan fingerprint density at radius 2 is 1.96 bits per heavy atom. The van der Waals surface area contributed by atoms with Gasteiger partial charge in [0.2, 0.25) is 10.1 Å². The topological polar surface area (TPSA) is 105 Å². The Bertz CT molecular complexity index is 1020. The molecule has 0 spiro atoms. The van der Waals surface area contributed by atoms with E-state index in [-0.39, 0.29) is 11.1 Å². The van der Waals surface area contributed by atoms with Gasteiger partial charge in [-0.05, 0) is 24.8 Å². The molecule has 3 rings (SSSR count). The second kappa shape index (κ2) is 7.14. The molecule has 0 aliphatic rings. The van der Waals surface area contributed by atoms with Crippen molar-refractivity contribution in [1.29, 1.82) is 0 Å². The third kappa shape index (κ3) is 3.32. The third-order valence-electron chi connectivity index (χ3n) is 4.04. The number of nitrogens with one attached hydrogen (secondary N) is 2. The Morgan fingerprint density at radius 1 is 1.16 bits per heavy atom. The highest BCUT2D eigenvalue weighted by atomic mass is 32.1. The second-order valence-electron chi connectivity index (χ2n) is 5.56. The standard InChI is InChI=1S/C16H20N6O2S/c1-4-9-7-13(23)22-16(18-9)25-15(21-22)17-8-11-10(5-2)12(6-3)19-20-14(11)24/h7H,4-6,8H2,1-3H3,(H,17,21)(H,20,24). The molecule has 9 heteroatoms. The first-order chi connectivity index (χ1) is 12.1. The first-order valence-corrected chi connectivity index (χ1v) is 9.11. The highest BCUT2D eigenvalue weighted by Crippen LogP contribution is 2.18. The molecule has 0 saturated heterocycles. The van der Waals surface area contributed by atoms with E-state index < -0.39 is 0 Å². The van der Waals surface area contributed by atoms with Crippen molar-refractivity contribution in [3.8, 4) is 0 Å². The number of rotatable bonds is 6. The van der Waals surface area contributed by atoms with Crippen LogP contribution in [0.5, 0.6) is 0 Å². The van der Waals surface area contributed by atoms with Crippen molar-refractivity contribution < 1.29 is 0 Å². The molecule has 2 N–H and O–H groups in total. The van der Waals surface area contributed by atoms with Crippen LogP contribution in [0.1, 0.15) is 43.3 Å². The molecule has 0 bridgehead atoms. The predicted octanol–water partition coefficient (Wildman–Crippen LogP) is 1.53. The molecule has 0 amide bonds. The van der Waals surface area contributed by atoms with Gasteiger partial charge in [0.05, 0.1) is 5.69 Å². The normalized spacial score (nSPS) is 11.2. The molecule has 3 aromatic rings. The van der Waals surface area contributed by atoms with E-state index in [9.17, 15) is 9.59 Å². The summed E-state index contributed by atoms with van der Waals surface area (Å²) >= 11 is 1.29. The summed E-state index contributed by atoms with van der Waals surface area (Å²) in [6, 6.07) is 1.49. The van der Waals surface area contributed by atoms with Crippen LogP contribution >= 0.6 is 11.3 Å². The minimum atomic E-state index is -0.203. The molecular weight excluding hydrogens is 340 g/mol. The molecule has 0 unspecified atom stereocenters. The van der Waals surface area contributed by atoms with Crippen molar-refractivity contribution in [3.05, 3.63) is 49.3 Å². The van der Waals surface area contributed by atoms with E-state index in [1.54, 1.807) is 0 Å². The van der Waals surface area contributed by atoms with E-state index >= 15 is 0 Å². The number of aromatic nitrogens is 5. The van der Waals surface area contributed by atoms with Crippen LogP contribution in [0.2, 0.25) is 0 Å². The van der Waals surface area contributed by atoms with Crippen LogP contribution in [-0.4, -0.2) is 24.8 Å². The zero-order valence-corrected chi connectivity index (χ0v) is 15.2. The Kier molecular flexibility index (Phi) is 4.93. The Hall–Kier alpha value is -2.55. The lowest BCUT2D eigenvalue weighted by Crippen LogP contribution is -2.22. The summed E-state index contributed by atoms with van der Waals surface area (Å²) in [5.41, 5.74) is 2.86. The van der Waals surface area contributed by atoms with Gasteiger partial charge in [-0.3, -0.25) is 9.59 Å². The molecule has 3 aromatic heterocycles. The number of fused-ring (bicyclic) bond motifs is 1. The summed E-state index contributed by atoms with van der Waals surface area (Å²) in [7, 11) is 0. The summed E-state index contributed by atoms with van der Waals surface area (Å²) in [6.07, 6.45) is 2.18. The molecule has 132 valence electrons. The van der Waals surface area contributed by atoms with Crippen molar-refractivity contribution in [1.82, 2.24) is 24.8 Å². The molecule has 0 aliphatic carbocycles. The van der Waals surface area contributed by atoms with E-state index in [1.807, 2.05) is 20.8 Å². The molecule has 0 atom stereocenters. The highest BCUT2D eigenvalue weighted by Gasteiger charge is 2.13. The molecular formula is C16H20N6O2S. The Balaban J connectivity index is 1.92. The Morgan fingerprint density at radius 3 is 2.64 bits per heavy atom. The lowest BCUT2D eigenvalue weighted by molar-refractivity contribution is 0.823. The van der Waals surface area contributed by atoms with E-state index in [0.29, 0.717) is 28.6 Å². The molecule has 3 heterocycles. The monoisotopic (exact) mass is 360 g/mol. The maximum atomic E-state index is 12.2. The minimum absolute atomic E-state index is 0.199. The van der Waals surface area contributed by atoms with E-state index in [1.165, 1.54) is 21.9 Å². The summed E-state index contributed by atoms with van der Waals surface area (Å²) in [5, 5.41) is 14.6. The molecule has 0 aliphatic heterocycles. The molecule has 25 heavy (non-hydrogen) atoms. The summed E-state index contributed by atoms with van der Waals surface area (Å²) in [4.78, 5) is 29.2. The van der Waals surface area contributed by atoms with Gasteiger partial charge in [-0.25, -0.2) is 10.1 Å². The van der Waals surface area contributed by atoms with E-state index in [2.05, 4.69) is 25.6 Å². The van der Waals surface area contributed by atoms with Gasteiger partial charge in [-0.1, -0.05) is 32.1 Å². The van der Waals surface area contributed by atoms with E-state index in [0.717, 1.165) is 29.8 Å². The van der Waals surface area contributed by atoms with Crippen LogP contribution in [0.3, 0.4) is 0 Å². The van der Waals surface area contributed by atoms with Gasteiger partial charge < -0.3 is 5.32 Å². The number of aryl methyl sites for hydroxylation is 2. The van der Waals surface area contributed by atoms with Gasteiger partial charge in [0, 0.05) is 23.9 Å². The van der Waals surface area contributed by atoms with Gasteiger partial charge in [0.25, 0.3) is 11.1 Å². The van der Waals surface area contributed by atoms with Crippen LogP contribution in [0.4, 0.5) is 5.13 Å². The van der Waals surface area contributed by atoms with Crippen molar-refractivity contribution in [3.63, 3.8) is 0 Å². The average Bonchev–Trinajstić information content (AvgIpc) is 3.03. The van der Waals surface area contributed by atoms with Crippen LogP contribution in [0, 0.1) is 0 Å². The fraction of sp³-hybridized carbons (Fsp3) is 0.438. The Labute approximate surface area is 148 Å². The number of H-pyrrole nitrogens is 1. The van der Waals surface area contributed by atoms with Crippen LogP contribution in [0.15, 0.2) is 15.7 Å². The van der Waals surface area contributed by atoms with E-state index in [4.69, 9.17) is 0 Å². The first kappa shape index (κ1) is 17.3. The largest absolute Gasteiger partial charge is 0.356 e. The highest BCUT2D eigenvalue weighted by molar-refractivity contribution is 7.20. The maximum absolute atomic E-state index is 12.2. The van der Waals surface area contributed by atoms with Crippen molar-refractivity contribution >= 4 is 21.4 Å². The second-order valence-corrected chi connectivity index (χ2v) is 6.51. The quantitative estimate of drug-likeness (QED) is 0.691. The molecule has 0 aromatic carbocycles. The van der Waals surface area contributed by atoms with Gasteiger partial charge in [0.1, 0.15) is 0 Å². The van der Waals surface area contributed by atoms with Gasteiger partial charge in [-0.2, -0.15) is 9.61 Å². The maximum Gasteiger partial charge on any atom is 0.275 e. The number of hydrogen-bond donors (Lipinski definition) is 2. The first-order valence-electron chi connectivity index (χ1n) is 8.30. The van der Waals surface area contributed by atoms with Crippen molar-refractivity contribution in [2.75, 3.05) is 5.32 Å². The zero-order valence-electron chi connectivity index (χ0n) is 14.4. The number of aromatic amines is 1. The molecule has 8 nitrogen and oxygen atoms in total. The third-order valence-corrected chi connectivity index (χ3v) is 4.91. The fourth-order valence-corrected chi connectivity index (χ4v) is 3.55. The smallest absolute Gasteiger partial charge is 0.275 e. The molecule has 0 saturated carbocycles. The van der Waals surface area contributed by atoms with Crippen molar-refractivity contribution in [2.24, 2.45) is 0 Å². The zero-order chi connectivity index (χ0) is 18.0. The molecule has 0 radical (unpaired) electrons. The van der Waals surface area contributed by atoms with Crippen LogP contribution in [-0.2, 0) is 25.8 Å². The summed E-state index contributed by atoms with van der Waals surface area (Å²) < 4.78 is 1.28. The number of nitrogens with zero attached hydrogens (tertiary/aromatic N) is 4. The van der Waals surface area contributed by atoms with Crippen molar-refractivity contribution in [2.45, 2.75) is 46.6 Å². The lowest BCUT2D eigenvalue weighted by atomic mass is 10.0.